The molecule has 3 aromatic rings. The van der Waals surface area contributed by atoms with Gasteiger partial charge < -0.3 is 0 Å². The number of benzene rings is 1. The largest absolute Gasteiger partial charge is 0.275 e. The SMILES string of the molecule is c1ccc2sc(-c3ccn[nH]3)nc2c1. The Morgan fingerprint density at radius 3 is 2.86 bits per heavy atom. The molecule has 3 nitrogen and oxygen atoms in total. The van der Waals surface area contributed by atoms with Crippen molar-refractivity contribution in [1.29, 1.82) is 0 Å². The highest BCUT2D eigenvalue weighted by atomic mass is 32.1. The monoisotopic (exact) mass is 201 g/mol. The van der Waals surface area contributed by atoms with E-state index in [0.717, 1.165) is 16.2 Å². The van der Waals surface area contributed by atoms with Crippen molar-refractivity contribution in [3.05, 3.63) is 36.5 Å². The third-order valence-electron chi connectivity index (χ3n) is 2.03. The van der Waals surface area contributed by atoms with Crippen molar-refractivity contribution in [2.75, 3.05) is 0 Å². The maximum atomic E-state index is 4.50. The van der Waals surface area contributed by atoms with E-state index in [-0.39, 0.29) is 0 Å². The molecule has 2 heterocycles. The van der Waals surface area contributed by atoms with E-state index in [1.54, 1.807) is 17.5 Å². The van der Waals surface area contributed by atoms with Crippen LogP contribution in [-0.2, 0) is 0 Å². The third-order valence-corrected chi connectivity index (χ3v) is 3.09. The zero-order valence-electron chi connectivity index (χ0n) is 7.27. The summed E-state index contributed by atoms with van der Waals surface area (Å²) in [5.41, 5.74) is 2.02. The Labute approximate surface area is 84.4 Å². The molecule has 68 valence electrons. The molecule has 4 heteroatoms. The number of rotatable bonds is 1. The van der Waals surface area contributed by atoms with E-state index in [4.69, 9.17) is 0 Å². The van der Waals surface area contributed by atoms with Crippen molar-refractivity contribution >= 4 is 21.6 Å². The summed E-state index contributed by atoms with van der Waals surface area (Å²) < 4.78 is 1.21. The van der Waals surface area contributed by atoms with Crippen molar-refractivity contribution in [3.8, 4) is 10.7 Å². The van der Waals surface area contributed by atoms with Crippen molar-refractivity contribution in [2.24, 2.45) is 0 Å². The van der Waals surface area contributed by atoms with Crippen LogP contribution in [0.25, 0.3) is 20.9 Å². The second kappa shape index (κ2) is 2.92. The molecule has 3 rings (SSSR count). The number of aromatic nitrogens is 3. The van der Waals surface area contributed by atoms with Crippen molar-refractivity contribution in [1.82, 2.24) is 15.2 Å². The first-order valence-electron chi connectivity index (χ1n) is 4.29. The first-order valence-corrected chi connectivity index (χ1v) is 5.10. The van der Waals surface area contributed by atoms with Gasteiger partial charge in [-0.05, 0) is 18.2 Å². The fourth-order valence-electron chi connectivity index (χ4n) is 1.36. The summed E-state index contributed by atoms with van der Waals surface area (Å²) >= 11 is 1.67. The van der Waals surface area contributed by atoms with Gasteiger partial charge in [0.2, 0.25) is 0 Å². The van der Waals surface area contributed by atoms with E-state index in [0.29, 0.717) is 0 Å². The molecule has 0 aliphatic rings. The number of hydrogen-bond donors (Lipinski definition) is 1. The van der Waals surface area contributed by atoms with E-state index in [1.165, 1.54) is 4.70 Å². The van der Waals surface area contributed by atoms with Gasteiger partial charge in [0.05, 0.1) is 15.9 Å². The van der Waals surface area contributed by atoms with Crippen LogP contribution in [0.5, 0.6) is 0 Å². The average molecular weight is 201 g/mol. The van der Waals surface area contributed by atoms with Gasteiger partial charge in [-0.15, -0.1) is 11.3 Å². The van der Waals surface area contributed by atoms with Gasteiger partial charge >= 0.3 is 0 Å². The number of aromatic amines is 1. The Hall–Kier alpha value is -1.68. The van der Waals surface area contributed by atoms with Gasteiger partial charge in [-0.3, -0.25) is 5.10 Å². The maximum Gasteiger partial charge on any atom is 0.142 e. The lowest BCUT2D eigenvalue weighted by Gasteiger charge is -1.84. The Morgan fingerprint density at radius 2 is 2.07 bits per heavy atom. The Kier molecular flexibility index (Phi) is 1.61. The summed E-state index contributed by atoms with van der Waals surface area (Å²) in [5, 5.41) is 7.81. The third kappa shape index (κ3) is 1.12. The molecule has 0 atom stereocenters. The van der Waals surface area contributed by atoms with Crippen LogP contribution < -0.4 is 0 Å². The van der Waals surface area contributed by atoms with Crippen LogP contribution in [0.15, 0.2) is 36.5 Å². The summed E-state index contributed by atoms with van der Waals surface area (Å²) in [6, 6.07) is 10.0. The standard InChI is InChI=1S/C10H7N3S/c1-2-4-9-7(3-1)12-10(14-9)8-5-6-11-13-8/h1-6H,(H,11,13). The molecule has 0 bridgehead atoms. The molecule has 0 spiro atoms. The number of fused-ring (bicyclic) bond motifs is 1. The van der Waals surface area contributed by atoms with Crippen LogP contribution in [0, 0.1) is 0 Å². The van der Waals surface area contributed by atoms with Gasteiger partial charge in [-0.1, -0.05) is 12.1 Å². The van der Waals surface area contributed by atoms with Gasteiger partial charge in [0.25, 0.3) is 0 Å². The van der Waals surface area contributed by atoms with E-state index in [1.807, 2.05) is 24.3 Å². The highest BCUT2D eigenvalue weighted by molar-refractivity contribution is 7.21. The lowest BCUT2D eigenvalue weighted by atomic mass is 10.3. The minimum atomic E-state index is 0.978. The maximum absolute atomic E-state index is 4.50. The van der Waals surface area contributed by atoms with Crippen LogP contribution in [0.3, 0.4) is 0 Å². The summed E-state index contributed by atoms with van der Waals surface area (Å²) in [4.78, 5) is 4.50. The lowest BCUT2D eigenvalue weighted by Crippen LogP contribution is -1.74. The van der Waals surface area contributed by atoms with Crippen molar-refractivity contribution < 1.29 is 0 Å². The molecule has 0 aliphatic carbocycles. The first kappa shape index (κ1) is 7.70. The average Bonchev–Trinajstić information content (AvgIpc) is 2.86. The minimum absolute atomic E-state index is 0.978. The summed E-state index contributed by atoms with van der Waals surface area (Å²) in [6.07, 6.45) is 1.74. The predicted molar refractivity (Wildman–Crippen MR) is 57.2 cm³/mol. The molecular formula is C10H7N3S. The number of H-pyrrole nitrogens is 1. The van der Waals surface area contributed by atoms with Crippen molar-refractivity contribution in [2.45, 2.75) is 0 Å². The smallest absolute Gasteiger partial charge is 0.142 e. The number of thiazole rings is 1. The number of para-hydroxylation sites is 1. The topological polar surface area (TPSA) is 41.6 Å². The highest BCUT2D eigenvalue weighted by Crippen LogP contribution is 2.28. The highest BCUT2D eigenvalue weighted by Gasteiger charge is 2.05. The minimum Gasteiger partial charge on any atom is -0.275 e. The Morgan fingerprint density at radius 1 is 1.14 bits per heavy atom. The number of nitrogens with one attached hydrogen (secondary N) is 1. The van der Waals surface area contributed by atoms with Crippen LogP contribution in [-0.4, -0.2) is 15.2 Å². The molecule has 14 heavy (non-hydrogen) atoms. The van der Waals surface area contributed by atoms with E-state index >= 15 is 0 Å². The van der Waals surface area contributed by atoms with Gasteiger partial charge in [-0.25, -0.2) is 4.98 Å². The lowest BCUT2D eigenvalue weighted by molar-refractivity contribution is 1.09. The molecule has 0 radical (unpaired) electrons. The van der Waals surface area contributed by atoms with Crippen LogP contribution >= 0.6 is 11.3 Å². The van der Waals surface area contributed by atoms with Gasteiger partial charge in [0.1, 0.15) is 5.01 Å². The zero-order chi connectivity index (χ0) is 9.38. The first-order chi connectivity index (χ1) is 6.93. The Balaban J connectivity index is 2.24. The molecule has 0 fully saturated rings. The molecule has 0 saturated heterocycles. The second-order valence-corrected chi connectivity index (χ2v) is 3.99. The van der Waals surface area contributed by atoms with Crippen LogP contribution in [0.4, 0.5) is 0 Å². The predicted octanol–water partition coefficient (Wildman–Crippen LogP) is 2.69. The number of nitrogens with zero attached hydrogens (tertiary/aromatic N) is 2. The second-order valence-electron chi connectivity index (χ2n) is 2.96. The van der Waals surface area contributed by atoms with Crippen LogP contribution in [0.2, 0.25) is 0 Å². The summed E-state index contributed by atoms with van der Waals surface area (Å²) in [6.45, 7) is 0. The van der Waals surface area contributed by atoms with E-state index in [2.05, 4.69) is 21.2 Å². The van der Waals surface area contributed by atoms with Gasteiger partial charge in [-0.2, -0.15) is 5.10 Å². The number of hydrogen-bond acceptors (Lipinski definition) is 3. The summed E-state index contributed by atoms with van der Waals surface area (Å²) in [7, 11) is 0. The quantitative estimate of drug-likeness (QED) is 0.657. The molecular weight excluding hydrogens is 194 g/mol. The molecule has 2 aromatic heterocycles. The molecule has 0 amide bonds. The molecule has 0 unspecified atom stereocenters. The molecule has 1 N–H and O–H groups in total. The summed E-state index contributed by atoms with van der Waals surface area (Å²) in [5.74, 6) is 0. The Bertz CT molecular complexity index is 521. The van der Waals surface area contributed by atoms with Crippen molar-refractivity contribution in [3.63, 3.8) is 0 Å². The molecule has 0 aliphatic heterocycles. The molecule has 1 aromatic carbocycles. The van der Waals surface area contributed by atoms with E-state index < -0.39 is 0 Å². The van der Waals surface area contributed by atoms with Gasteiger partial charge in [0.15, 0.2) is 0 Å². The van der Waals surface area contributed by atoms with Gasteiger partial charge in [0, 0.05) is 6.20 Å². The van der Waals surface area contributed by atoms with E-state index in [9.17, 15) is 0 Å². The molecule has 0 saturated carbocycles. The fraction of sp³-hybridized carbons (Fsp3) is 0. The zero-order valence-corrected chi connectivity index (χ0v) is 8.08. The fourth-order valence-corrected chi connectivity index (χ4v) is 2.30. The normalized spacial score (nSPS) is 10.9. The van der Waals surface area contributed by atoms with Crippen LogP contribution in [0.1, 0.15) is 0 Å².